The predicted molar refractivity (Wildman–Crippen MR) is 118 cm³/mol. The largest absolute Gasteiger partial charge is 0.320 e. The molecule has 0 spiro atoms. The van der Waals surface area contributed by atoms with E-state index in [-0.39, 0.29) is 22.5 Å². The van der Waals surface area contributed by atoms with Gasteiger partial charge >= 0.3 is 0 Å². The Bertz CT molecular complexity index is 1120. The van der Waals surface area contributed by atoms with E-state index in [1.165, 1.54) is 48.5 Å². The number of non-ortho nitro benzene ring substituents is 2. The molecule has 2 N–H and O–H groups in total. The monoisotopic (exact) mass is 434 g/mol. The first-order chi connectivity index (χ1) is 15.2. The Morgan fingerprint density at radius 3 is 1.25 bits per heavy atom. The van der Waals surface area contributed by atoms with Crippen LogP contribution in [0.3, 0.4) is 0 Å². The van der Waals surface area contributed by atoms with Gasteiger partial charge in [-0.15, -0.1) is 0 Å². The lowest BCUT2D eigenvalue weighted by Gasteiger charge is -2.15. The summed E-state index contributed by atoms with van der Waals surface area (Å²) in [5, 5.41) is 27.0. The van der Waals surface area contributed by atoms with Gasteiger partial charge in [0.25, 0.3) is 23.2 Å². The molecular formula is C22H18N4O6. The highest BCUT2D eigenvalue weighted by molar-refractivity contribution is 6.10. The topological polar surface area (TPSA) is 144 Å². The fourth-order valence-corrected chi connectivity index (χ4v) is 2.88. The summed E-state index contributed by atoms with van der Waals surface area (Å²) in [4.78, 5) is 45.7. The van der Waals surface area contributed by atoms with Gasteiger partial charge in [0.2, 0.25) is 0 Å². The molecule has 3 rings (SSSR count). The van der Waals surface area contributed by atoms with Gasteiger partial charge in [0.15, 0.2) is 0 Å². The Morgan fingerprint density at radius 2 is 0.969 bits per heavy atom. The van der Waals surface area contributed by atoms with Gasteiger partial charge in [0.05, 0.1) is 21.2 Å². The van der Waals surface area contributed by atoms with Crippen LogP contribution < -0.4 is 10.6 Å². The van der Waals surface area contributed by atoms with Crippen molar-refractivity contribution in [2.75, 3.05) is 10.6 Å². The molecule has 0 saturated heterocycles. The number of rotatable bonds is 6. The summed E-state index contributed by atoms with van der Waals surface area (Å²) in [6, 6.07) is 13.7. The highest BCUT2D eigenvalue weighted by Crippen LogP contribution is 2.27. The Morgan fingerprint density at radius 1 is 0.656 bits per heavy atom. The number of benzene rings is 3. The van der Waals surface area contributed by atoms with Crippen LogP contribution in [0.25, 0.3) is 0 Å². The smallest absolute Gasteiger partial charge is 0.269 e. The maximum atomic E-state index is 12.6. The Hall–Kier alpha value is -4.60. The molecule has 0 heterocycles. The predicted octanol–water partition coefficient (Wildman–Crippen LogP) is 4.62. The average Bonchev–Trinajstić information content (AvgIpc) is 2.77. The van der Waals surface area contributed by atoms with Crippen molar-refractivity contribution in [1.29, 1.82) is 0 Å². The summed E-state index contributed by atoms with van der Waals surface area (Å²) in [7, 11) is 0. The molecule has 3 aromatic rings. The number of nitrogens with zero attached hydrogens (tertiary/aromatic N) is 2. The normalized spacial score (nSPS) is 10.3. The summed E-state index contributed by atoms with van der Waals surface area (Å²) in [5.74, 6) is -1.01. The number of aryl methyl sites for hydroxylation is 2. The van der Waals surface area contributed by atoms with Crippen LogP contribution in [0.5, 0.6) is 0 Å². The molecule has 0 aliphatic heterocycles. The summed E-state index contributed by atoms with van der Waals surface area (Å²) < 4.78 is 0. The van der Waals surface area contributed by atoms with Crippen molar-refractivity contribution in [2.45, 2.75) is 13.8 Å². The molecular weight excluding hydrogens is 416 g/mol. The molecule has 3 aromatic carbocycles. The van der Waals surface area contributed by atoms with Gasteiger partial charge in [0, 0.05) is 35.4 Å². The van der Waals surface area contributed by atoms with Gasteiger partial charge in [0.1, 0.15) is 0 Å². The van der Waals surface area contributed by atoms with E-state index < -0.39 is 21.7 Å². The first kappa shape index (κ1) is 22.1. The molecule has 0 bridgehead atoms. The third kappa shape index (κ3) is 4.93. The van der Waals surface area contributed by atoms with Crippen LogP contribution >= 0.6 is 0 Å². The van der Waals surface area contributed by atoms with E-state index in [1.54, 1.807) is 12.1 Å². The Kier molecular flexibility index (Phi) is 6.24. The van der Waals surface area contributed by atoms with Gasteiger partial charge < -0.3 is 10.6 Å². The van der Waals surface area contributed by atoms with E-state index >= 15 is 0 Å². The van der Waals surface area contributed by atoms with E-state index in [4.69, 9.17) is 0 Å². The van der Waals surface area contributed by atoms with Crippen LogP contribution in [0.2, 0.25) is 0 Å². The number of anilines is 2. The van der Waals surface area contributed by atoms with Gasteiger partial charge in [-0.05, 0) is 61.4 Å². The van der Waals surface area contributed by atoms with Crippen LogP contribution in [0.1, 0.15) is 31.8 Å². The SMILES string of the molecule is Cc1cc(NC(=O)c2ccc([N+](=O)[O-])cc2)c(NC(=O)c2ccc([N+](=O)[O-])cc2)cc1C. The number of nitro groups is 2. The van der Waals surface area contributed by atoms with Crippen LogP contribution in [0.4, 0.5) is 22.7 Å². The molecule has 2 amide bonds. The molecule has 0 unspecified atom stereocenters. The average molecular weight is 434 g/mol. The van der Waals surface area contributed by atoms with Gasteiger partial charge in [-0.2, -0.15) is 0 Å². The van der Waals surface area contributed by atoms with Crippen molar-refractivity contribution in [3.05, 3.63) is 103 Å². The molecule has 10 nitrogen and oxygen atoms in total. The summed E-state index contributed by atoms with van der Waals surface area (Å²) in [6.45, 7) is 3.69. The second-order valence-electron chi connectivity index (χ2n) is 7.00. The zero-order chi connectivity index (χ0) is 23.4. The molecule has 0 aromatic heterocycles. The minimum Gasteiger partial charge on any atom is -0.320 e. The zero-order valence-corrected chi connectivity index (χ0v) is 17.1. The van der Waals surface area contributed by atoms with Gasteiger partial charge in [-0.25, -0.2) is 0 Å². The minimum atomic E-state index is -0.559. The third-order valence-corrected chi connectivity index (χ3v) is 4.81. The van der Waals surface area contributed by atoms with Crippen LogP contribution in [-0.2, 0) is 0 Å². The maximum Gasteiger partial charge on any atom is 0.269 e. The number of amides is 2. The summed E-state index contributed by atoms with van der Waals surface area (Å²) in [6.07, 6.45) is 0. The van der Waals surface area contributed by atoms with Crippen molar-refractivity contribution in [3.63, 3.8) is 0 Å². The lowest BCUT2D eigenvalue weighted by molar-refractivity contribution is -0.385. The number of hydrogen-bond acceptors (Lipinski definition) is 6. The quantitative estimate of drug-likeness (QED) is 0.428. The van der Waals surface area contributed by atoms with E-state index in [0.717, 1.165) is 11.1 Å². The molecule has 0 radical (unpaired) electrons. The Balaban J connectivity index is 1.84. The molecule has 0 fully saturated rings. The third-order valence-electron chi connectivity index (χ3n) is 4.81. The fraction of sp³-hybridized carbons (Fsp3) is 0.0909. The van der Waals surface area contributed by atoms with Gasteiger partial charge in [-0.3, -0.25) is 29.8 Å². The van der Waals surface area contributed by atoms with E-state index in [2.05, 4.69) is 10.6 Å². The van der Waals surface area contributed by atoms with Crippen LogP contribution in [0.15, 0.2) is 60.7 Å². The number of hydrogen-bond donors (Lipinski definition) is 2. The Labute approximate surface area is 182 Å². The van der Waals surface area contributed by atoms with Crippen molar-refractivity contribution >= 4 is 34.6 Å². The molecule has 32 heavy (non-hydrogen) atoms. The first-order valence-corrected chi connectivity index (χ1v) is 9.38. The minimum absolute atomic E-state index is 0.135. The van der Waals surface area contributed by atoms with Crippen molar-refractivity contribution in [2.24, 2.45) is 0 Å². The number of carbonyl (C=O) groups is 2. The fourth-order valence-electron chi connectivity index (χ4n) is 2.88. The van der Waals surface area contributed by atoms with E-state index in [0.29, 0.717) is 11.4 Å². The van der Waals surface area contributed by atoms with Crippen LogP contribution in [-0.4, -0.2) is 21.7 Å². The second-order valence-corrected chi connectivity index (χ2v) is 7.00. The molecule has 0 aliphatic rings. The summed E-state index contributed by atoms with van der Waals surface area (Å²) in [5.41, 5.74) is 2.57. The van der Waals surface area contributed by atoms with Gasteiger partial charge in [-0.1, -0.05) is 0 Å². The zero-order valence-electron chi connectivity index (χ0n) is 17.1. The standard InChI is InChI=1S/C22H18N4O6/c1-13-11-19(23-21(27)15-3-7-17(8-4-15)25(29)30)20(12-14(13)2)24-22(28)16-5-9-18(10-6-16)26(31)32/h3-12H,1-2H3,(H,23,27)(H,24,28). The highest BCUT2D eigenvalue weighted by Gasteiger charge is 2.16. The number of nitrogens with one attached hydrogen (secondary N) is 2. The summed E-state index contributed by atoms with van der Waals surface area (Å²) >= 11 is 0. The van der Waals surface area contributed by atoms with E-state index in [1.807, 2.05) is 13.8 Å². The lowest BCUT2D eigenvalue weighted by Crippen LogP contribution is -2.17. The second kappa shape index (κ2) is 9.04. The molecule has 162 valence electrons. The molecule has 0 atom stereocenters. The molecule has 0 saturated carbocycles. The van der Waals surface area contributed by atoms with E-state index in [9.17, 15) is 29.8 Å². The first-order valence-electron chi connectivity index (χ1n) is 9.38. The molecule has 10 heteroatoms. The van der Waals surface area contributed by atoms with Crippen molar-refractivity contribution in [3.8, 4) is 0 Å². The maximum absolute atomic E-state index is 12.6. The molecule has 0 aliphatic carbocycles. The highest BCUT2D eigenvalue weighted by atomic mass is 16.6. The van der Waals surface area contributed by atoms with Crippen molar-refractivity contribution in [1.82, 2.24) is 0 Å². The number of nitro benzene ring substituents is 2. The number of carbonyl (C=O) groups excluding carboxylic acids is 2. The lowest BCUT2D eigenvalue weighted by atomic mass is 10.1. The van der Waals surface area contributed by atoms with Crippen molar-refractivity contribution < 1.29 is 19.4 Å². The van der Waals surface area contributed by atoms with Crippen LogP contribution in [0, 0.1) is 34.1 Å².